The Bertz CT molecular complexity index is 588. The van der Waals surface area contributed by atoms with Crippen molar-refractivity contribution < 1.29 is 9.53 Å². The second-order valence-electron chi connectivity index (χ2n) is 4.42. The maximum absolute atomic E-state index is 12.0. The van der Waals surface area contributed by atoms with Crippen LogP contribution in [0.3, 0.4) is 0 Å². The SMILES string of the molecule is Cc1cccc(OCC(=O)c2ccc(I)cc2)c1C. The largest absolute Gasteiger partial charge is 0.485 e. The third-order valence-corrected chi connectivity index (χ3v) is 3.80. The Morgan fingerprint density at radius 1 is 1.11 bits per heavy atom. The summed E-state index contributed by atoms with van der Waals surface area (Å²) in [5.74, 6) is 0.774. The van der Waals surface area contributed by atoms with Crippen molar-refractivity contribution in [3.63, 3.8) is 0 Å². The number of carbonyl (C=O) groups is 1. The standard InChI is InChI=1S/C16H15IO2/c1-11-4-3-5-16(12(11)2)19-10-15(18)13-6-8-14(17)9-7-13/h3-9H,10H2,1-2H3. The number of carbonyl (C=O) groups excluding carboxylic acids is 1. The van der Waals surface area contributed by atoms with Crippen LogP contribution in [0.1, 0.15) is 21.5 Å². The van der Waals surface area contributed by atoms with Gasteiger partial charge in [-0.1, -0.05) is 24.3 Å². The first kappa shape index (κ1) is 14.1. The Kier molecular flexibility index (Phi) is 4.58. The van der Waals surface area contributed by atoms with Gasteiger partial charge in [-0.25, -0.2) is 0 Å². The Labute approximate surface area is 126 Å². The maximum atomic E-state index is 12.0. The first-order valence-electron chi connectivity index (χ1n) is 6.05. The van der Waals surface area contributed by atoms with Crippen LogP contribution in [-0.4, -0.2) is 12.4 Å². The first-order valence-corrected chi connectivity index (χ1v) is 7.13. The van der Waals surface area contributed by atoms with Gasteiger partial charge in [0.2, 0.25) is 0 Å². The van der Waals surface area contributed by atoms with Crippen LogP contribution in [-0.2, 0) is 0 Å². The lowest BCUT2D eigenvalue weighted by molar-refractivity contribution is 0.0921. The predicted molar refractivity (Wildman–Crippen MR) is 84.9 cm³/mol. The van der Waals surface area contributed by atoms with Gasteiger partial charge in [0.25, 0.3) is 0 Å². The molecular weight excluding hydrogens is 351 g/mol. The molecule has 0 heterocycles. The third-order valence-electron chi connectivity index (χ3n) is 3.08. The lowest BCUT2D eigenvalue weighted by Gasteiger charge is -2.10. The number of hydrogen-bond acceptors (Lipinski definition) is 2. The van der Waals surface area contributed by atoms with Gasteiger partial charge in [0.15, 0.2) is 12.4 Å². The molecule has 0 bridgehead atoms. The highest BCUT2D eigenvalue weighted by molar-refractivity contribution is 14.1. The number of hydrogen-bond donors (Lipinski definition) is 0. The fourth-order valence-corrected chi connectivity index (χ4v) is 2.10. The zero-order chi connectivity index (χ0) is 13.8. The highest BCUT2D eigenvalue weighted by Crippen LogP contribution is 2.20. The Morgan fingerprint density at radius 2 is 1.79 bits per heavy atom. The maximum Gasteiger partial charge on any atom is 0.200 e. The average Bonchev–Trinajstić information content (AvgIpc) is 2.41. The molecule has 0 N–H and O–H groups in total. The minimum atomic E-state index is -0.00249. The van der Waals surface area contributed by atoms with Gasteiger partial charge in [0, 0.05) is 9.13 Å². The van der Waals surface area contributed by atoms with Crippen LogP contribution < -0.4 is 4.74 Å². The molecule has 2 aromatic carbocycles. The van der Waals surface area contributed by atoms with Gasteiger partial charge in [-0.3, -0.25) is 4.79 Å². The molecular formula is C16H15IO2. The molecule has 0 unspecified atom stereocenters. The Balaban J connectivity index is 2.04. The van der Waals surface area contributed by atoms with E-state index in [1.807, 2.05) is 56.3 Å². The molecule has 0 saturated heterocycles. The molecule has 0 aromatic heterocycles. The summed E-state index contributed by atoms with van der Waals surface area (Å²) in [6.07, 6.45) is 0. The van der Waals surface area contributed by atoms with Crippen LogP contribution in [0.4, 0.5) is 0 Å². The molecule has 0 fully saturated rings. The van der Waals surface area contributed by atoms with Crippen LogP contribution in [0.5, 0.6) is 5.75 Å². The Morgan fingerprint density at radius 3 is 2.47 bits per heavy atom. The summed E-state index contributed by atoms with van der Waals surface area (Å²) in [7, 11) is 0. The number of halogens is 1. The summed E-state index contributed by atoms with van der Waals surface area (Å²) < 4.78 is 6.73. The predicted octanol–water partition coefficient (Wildman–Crippen LogP) is 4.17. The zero-order valence-electron chi connectivity index (χ0n) is 10.9. The van der Waals surface area contributed by atoms with Gasteiger partial charge >= 0.3 is 0 Å². The van der Waals surface area contributed by atoms with Gasteiger partial charge in [-0.2, -0.15) is 0 Å². The van der Waals surface area contributed by atoms with E-state index in [9.17, 15) is 4.79 Å². The summed E-state index contributed by atoms with van der Waals surface area (Å²) in [6, 6.07) is 13.4. The van der Waals surface area contributed by atoms with Gasteiger partial charge in [0.1, 0.15) is 5.75 Å². The summed E-state index contributed by atoms with van der Waals surface area (Å²) in [4.78, 5) is 12.0. The fraction of sp³-hybridized carbons (Fsp3) is 0.188. The van der Waals surface area contributed by atoms with E-state index in [-0.39, 0.29) is 12.4 Å². The van der Waals surface area contributed by atoms with Crippen molar-refractivity contribution in [3.05, 3.63) is 62.7 Å². The van der Waals surface area contributed by atoms with Crippen molar-refractivity contribution in [2.75, 3.05) is 6.61 Å². The summed E-state index contributed by atoms with van der Waals surface area (Å²) >= 11 is 2.22. The molecule has 2 rings (SSSR count). The zero-order valence-corrected chi connectivity index (χ0v) is 13.1. The summed E-state index contributed by atoms with van der Waals surface area (Å²) in [6.45, 7) is 4.11. The lowest BCUT2D eigenvalue weighted by atomic mass is 10.1. The van der Waals surface area contributed by atoms with Crippen LogP contribution in [0, 0.1) is 17.4 Å². The topological polar surface area (TPSA) is 26.3 Å². The molecule has 2 aromatic rings. The number of aryl methyl sites for hydroxylation is 1. The monoisotopic (exact) mass is 366 g/mol. The fourth-order valence-electron chi connectivity index (χ4n) is 1.74. The molecule has 0 radical (unpaired) electrons. The number of benzene rings is 2. The van der Waals surface area contributed by atoms with Crippen LogP contribution in [0.2, 0.25) is 0 Å². The molecule has 0 saturated carbocycles. The van der Waals surface area contributed by atoms with E-state index in [1.54, 1.807) is 0 Å². The Hall–Kier alpha value is -1.36. The number of Topliss-reactive ketones (excluding diaryl/α,β-unsaturated/α-hetero) is 1. The first-order chi connectivity index (χ1) is 9.08. The van der Waals surface area contributed by atoms with E-state index in [0.29, 0.717) is 5.56 Å². The van der Waals surface area contributed by atoms with Gasteiger partial charge < -0.3 is 4.74 Å². The molecule has 98 valence electrons. The van der Waals surface area contributed by atoms with Crippen LogP contribution in [0.15, 0.2) is 42.5 Å². The molecule has 0 atom stereocenters. The third kappa shape index (κ3) is 3.56. The number of ketones is 1. The summed E-state index contributed by atoms with van der Waals surface area (Å²) in [5.41, 5.74) is 2.93. The van der Waals surface area contributed by atoms with Gasteiger partial charge in [0.05, 0.1) is 0 Å². The molecule has 0 amide bonds. The molecule has 19 heavy (non-hydrogen) atoms. The molecule has 0 aliphatic rings. The van der Waals surface area contributed by atoms with Gasteiger partial charge in [-0.05, 0) is 65.8 Å². The second-order valence-corrected chi connectivity index (χ2v) is 5.66. The molecule has 0 aliphatic heterocycles. The van der Waals surface area contributed by atoms with Gasteiger partial charge in [-0.15, -0.1) is 0 Å². The van der Waals surface area contributed by atoms with Crippen molar-refractivity contribution in [3.8, 4) is 5.75 Å². The minimum Gasteiger partial charge on any atom is -0.485 e. The highest BCUT2D eigenvalue weighted by Gasteiger charge is 2.08. The molecule has 2 nitrogen and oxygen atoms in total. The number of ether oxygens (including phenoxy) is 1. The van der Waals surface area contributed by atoms with E-state index in [1.165, 1.54) is 5.56 Å². The van der Waals surface area contributed by atoms with E-state index in [2.05, 4.69) is 22.6 Å². The van der Waals surface area contributed by atoms with E-state index in [4.69, 9.17) is 4.74 Å². The normalized spacial score (nSPS) is 10.3. The smallest absolute Gasteiger partial charge is 0.200 e. The lowest BCUT2D eigenvalue weighted by Crippen LogP contribution is -2.12. The average molecular weight is 366 g/mol. The van der Waals surface area contributed by atoms with Crippen LogP contribution in [0.25, 0.3) is 0 Å². The summed E-state index contributed by atoms with van der Waals surface area (Å²) in [5, 5.41) is 0. The van der Waals surface area contributed by atoms with Crippen molar-refractivity contribution in [1.82, 2.24) is 0 Å². The molecule has 0 aliphatic carbocycles. The van der Waals surface area contributed by atoms with E-state index in [0.717, 1.165) is 14.9 Å². The second kappa shape index (κ2) is 6.19. The van der Waals surface area contributed by atoms with Crippen molar-refractivity contribution in [1.29, 1.82) is 0 Å². The van der Waals surface area contributed by atoms with Crippen molar-refractivity contribution in [2.24, 2.45) is 0 Å². The molecule has 3 heteroatoms. The molecule has 0 spiro atoms. The van der Waals surface area contributed by atoms with Crippen molar-refractivity contribution >= 4 is 28.4 Å². The van der Waals surface area contributed by atoms with Crippen molar-refractivity contribution in [2.45, 2.75) is 13.8 Å². The minimum absolute atomic E-state index is 0.00249. The number of rotatable bonds is 4. The highest BCUT2D eigenvalue weighted by atomic mass is 127. The van der Waals surface area contributed by atoms with Crippen LogP contribution >= 0.6 is 22.6 Å². The quantitative estimate of drug-likeness (QED) is 0.600. The van der Waals surface area contributed by atoms with E-state index < -0.39 is 0 Å². The van der Waals surface area contributed by atoms with E-state index >= 15 is 0 Å².